The molecule has 1 aromatic carbocycles. The molecule has 0 bridgehead atoms. The summed E-state index contributed by atoms with van der Waals surface area (Å²) in [6, 6.07) is 8.40. The molecule has 0 unspecified atom stereocenters. The zero-order valence-electron chi connectivity index (χ0n) is 8.75. The number of hydrogen-bond acceptors (Lipinski definition) is 2. The Labute approximate surface area is 116 Å². The highest BCUT2D eigenvalue weighted by molar-refractivity contribution is 9.10. The number of nitrogens with zero attached hydrogens (tertiary/aromatic N) is 1. The van der Waals surface area contributed by atoms with Crippen LogP contribution in [-0.4, -0.2) is 4.98 Å². The topological polar surface area (TPSA) is 24.9 Å². The first-order valence-electron chi connectivity index (χ1n) is 4.94. The molecule has 2 nitrogen and oxygen atoms in total. The van der Waals surface area contributed by atoms with Crippen LogP contribution in [0.4, 0.5) is 10.1 Å². The molecule has 0 atom stereocenters. The van der Waals surface area contributed by atoms with E-state index in [9.17, 15) is 4.39 Å². The predicted octanol–water partition coefficient (Wildman–Crippen LogP) is 4.36. The summed E-state index contributed by atoms with van der Waals surface area (Å²) >= 11 is 6.63. The van der Waals surface area contributed by atoms with Crippen LogP contribution in [0, 0.1) is 5.82 Å². The maximum absolute atomic E-state index is 12.9. The molecule has 17 heavy (non-hydrogen) atoms. The van der Waals surface area contributed by atoms with Gasteiger partial charge in [0, 0.05) is 20.8 Å². The number of benzene rings is 1. The predicted molar refractivity (Wildman–Crippen MR) is 73.4 cm³/mol. The van der Waals surface area contributed by atoms with E-state index < -0.39 is 0 Å². The van der Waals surface area contributed by atoms with Gasteiger partial charge in [0.05, 0.1) is 12.2 Å². The summed E-state index contributed by atoms with van der Waals surface area (Å²) < 4.78 is 14.5. The van der Waals surface area contributed by atoms with Crippen molar-refractivity contribution >= 4 is 37.5 Å². The van der Waals surface area contributed by atoms with E-state index in [1.54, 1.807) is 12.3 Å². The van der Waals surface area contributed by atoms with E-state index in [0.717, 1.165) is 15.9 Å². The first-order valence-corrected chi connectivity index (χ1v) is 6.53. The molecule has 88 valence electrons. The molecule has 2 aromatic rings. The lowest BCUT2D eigenvalue weighted by molar-refractivity contribution is 0.627. The maximum Gasteiger partial charge on any atom is 0.124 e. The van der Waals surface area contributed by atoms with Crippen molar-refractivity contribution in [2.24, 2.45) is 0 Å². The van der Waals surface area contributed by atoms with Crippen molar-refractivity contribution in [2.75, 3.05) is 5.32 Å². The van der Waals surface area contributed by atoms with Crippen LogP contribution in [-0.2, 0) is 6.54 Å². The summed E-state index contributed by atoms with van der Waals surface area (Å²) in [6.07, 6.45) is 1.75. The molecule has 5 heteroatoms. The Morgan fingerprint density at radius 3 is 2.65 bits per heavy atom. The number of pyridine rings is 1. The molecular weight excluding hydrogens is 351 g/mol. The first-order chi connectivity index (χ1) is 8.15. The van der Waals surface area contributed by atoms with Crippen LogP contribution < -0.4 is 5.32 Å². The minimum atomic E-state index is -0.260. The molecule has 0 aliphatic carbocycles. The summed E-state index contributed by atoms with van der Waals surface area (Å²) in [7, 11) is 0. The summed E-state index contributed by atoms with van der Waals surface area (Å²) in [5.74, 6) is -0.260. The third kappa shape index (κ3) is 3.51. The van der Waals surface area contributed by atoms with E-state index in [2.05, 4.69) is 42.2 Å². The molecule has 0 saturated heterocycles. The molecule has 1 aromatic heterocycles. The Hall–Kier alpha value is -0.940. The molecule has 0 saturated carbocycles. The quantitative estimate of drug-likeness (QED) is 0.880. The van der Waals surface area contributed by atoms with Crippen LogP contribution in [0.5, 0.6) is 0 Å². The smallest absolute Gasteiger partial charge is 0.124 e. The lowest BCUT2D eigenvalue weighted by atomic mass is 10.3. The molecule has 0 spiro atoms. The number of rotatable bonds is 3. The van der Waals surface area contributed by atoms with Crippen molar-refractivity contribution < 1.29 is 4.39 Å². The number of nitrogens with one attached hydrogen (secondary N) is 1. The van der Waals surface area contributed by atoms with Crippen molar-refractivity contribution in [2.45, 2.75) is 6.54 Å². The van der Waals surface area contributed by atoms with Gasteiger partial charge in [-0.25, -0.2) is 4.39 Å². The monoisotopic (exact) mass is 358 g/mol. The fourth-order valence-corrected chi connectivity index (χ4v) is 2.06. The fourth-order valence-electron chi connectivity index (χ4n) is 1.33. The largest absolute Gasteiger partial charge is 0.378 e. The van der Waals surface area contributed by atoms with Crippen molar-refractivity contribution in [3.05, 3.63) is 57.0 Å². The number of halogens is 3. The van der Waals surface area contributed by atoms with E-state index in [1.807, 2.05) is 12.1 Å². The van der Waals surface area contributed by atoms with Crippen LogP contribution in [0.15, 0.2) is 45.5 Å². The van der Waals surface area contributed by atoms with Crippen molar-refractivity contribution in [3.63, 3.8) is 0 Å². The minimum absolute atomic E-state index is 0.260. The Morgan fingerprint density at radius 2 is 2.00 bits per heavy atom. The highest BCUT2D eigenvalue weighted by Gasteiger charge is 2.01. The van der Waals surface area contributed by atoms with Gasteiger partial charge < -0.3 is 5.32 Å². The van der Waals surface area contributed by atoms with Crippen LogP contribution in [0.1, 0.15) is 5.69 Å². The lowest BCUT2D eigenvalue weighted by Gasteiger charge is -2.08. The number of anilines is 1. The van der Waals surface area contributed by atoms with Gasteiger partial charge in [-0.2, -0.15) is 0 Å². The van der Waals surface area contributed by atoms with Gasteiger partial charge in [0.2, 0.25) is 0 Å². The van der Waals surface area contributed by atoms with Crippen LogP contribution in [0.25, 0.3) is 0 Å². The van der Waals surface area contributed by atoms with E-state index in [-0.39, 0.29) is 5.82 Å². The Balaban J connectivity index is 2.04. The molecule has 2 rings (SSSR count). The minimum Gasteiger partial charge on any atom is -0.378 e. The van der Waals surface area contributed by atoms with Crippen molar-refractivity contribution in [3.8, 4) is 0 Å². The highest BCUT2D eigenvalue weighted by atomic mass is 79.9. The zero-order valence-corrected chi connectivity index (χ0v) is 11.9. The van der Waals surface area contributed by atoms with Gasteiger partial charge in [0.1, 0.15) is 5.82 Å². The molecule has 0 aliphatic heterocycles. The van der Waals surface area contributed by atoms with Gasteiger partial charge in [-0.15, -0.1) is 0 Å². The Morgan fingerprint density at radius 1 is 1.18 bits per heavy atom. The number of aromatic nitrogens is 1. The summed E-state index contributed by atoms with van der Waals surface area (Å²) in [5.41, 5.74) is 1.76. The molecule has 1 N–H and O–H groups in total. The van der Waals surface area contributed by atoms with E-state index in [1.165, 1.54) is 12.1 Å². The summed E-state index contributed by atoms with van der Waals surface area (Å²) in [6.45, 7) is 0.595. The van der Waals surface area contributed by atoms with Gasteiger partial charge >= 0.3 is 0 Å². The SMILES string of the molecule is Fc1ccc(NCc2ccc(Br)cn2)c(Br)c1. The maximum atomic E-state index is 12.9. The Bertz CT molecular complexity index is 514. The molecule has 0 aliphatic rings. The number of hydrogen-bond donors (Lipinski definition) is 1. The molecule has 0 radical (unpaired) electrons. The first kappa shape index (κ1) is 12.5. The zero-order chi connectivity index (χ0) is 12.3. The van der Waals surface area contributed by atoms with Crippen LogP contribution in [0.2, 0.25) is 0 Å². The second-order valence-corrected chi connectivity index (χ2v) is 5.22. The normalized spacial score (nSPS) is 10.3. The average Bonchev–Trinajstić information content (AvgIpc) is 2.30. The van der Waals surface area contributed by atoms with E-state index >= 15 is 0 Å². The second kappa shape index (κ2) is 5.60. The van der Waals surface area contributed by atoms with E-state index in [0.29, 0.717) is 11.0 Å². The lowest BCUT2D eigenvalue weighted by Crippen LogP contribution is -2.01. The molecule has 0 amide bonds. The van der Waals surface area contributed by atoms with Crippen LogP contribution in [0.3, 0.4) is 0 Å². The highest BCUT2D eigenvalue weighted by Crippen LogP contribution is 2.23. The van der Waals surface area contributed by atoms with Gasteiger partial charge in [0.25, 0.3) is 0 Å². The second-order valence-electron chi connectivity index (χ2n) is 3.45. The molecular formula is C12H9Br2FN2. The molecule has 1 heterocycles. The average molecular weight is 360 g/mol. The van der Waals surface area contributed by atoms with Gasteiger partial charge in [-0.05, 0) is 62.2 Å². The van der Waals surface area contributed by atoms with Crippen LogP contribution >= 0.6 is 31.9 Å². The summed E-state index contributed by atoms with van der Waals surface area (Å²) in [4.78, 5) is 4.24. The fraction of sp³-hybridized carbons (Fsp3) is 0.0833. The van der Waals surface area contributed by atoms with Gasteiger partial charge in [-0.1, -0.05) is 0 Å². The third-order valence-electron chi connectivity index (χ3n) is 2.18. The van der Waals surface area contributed by atoms with Crippen molar-refractivity contribution in [1.82, 2.24) is 4.98 Å². The van der Waals surface area contributed by atoms with Gasteiger partial charge in [0.15, 0.2) is 0 Å². The standard InChI is InChI=1S/C12H9Br2FN2/c13-8-1-3-10(16-6-8)7-17-12-4-2-9(15)5-11(12)14/h1-6,17H,7H2. The van der Waals surface area contributed by atoms with Gasteiger partial charge in [-0.3, -0.25) is 4.98 Å². The van der Waals surface area contributed by atoms with Crippen molar-refractivity contribution in [1.29, 1.82) is 0 Å². The van der Waals surface area contributed by atoms with E-state index in [4.69, 9.17) is 0 Å². The summed E-state index contributed by atoms with van der Waals surface area (Å²) in [5, 5.41) is 3.18. The third-order valence-corrected chi connectivity index (χ3v) is 3.30. The molecule has 0 fully saturated rings. The Kier molecular flexibility index (Phi) is 4.12.